The molecule has 0 amide bonds. The number of aromatic nitrogens is 2. The zero-order chi connectivity index (χ0) is 39.4. The van der Waals surface area contributed by atoms with Crippen molar-refractivity contribution in [3.05, 3.63) is 181 Å². The number of nitrogens with zero attached hydrogens (tertiary/aromatic N) is 2. The Bertz CT molecular complexity index is 3970. The second kappa shape index (κ2) is 11.5. The van der Waals surface area contributed by atoms with Crippen molar-refractivity contribution in [1.29, 1.82) is 0 Å². The molecule has 1 aliphatic rings. The SMILES string of the molecule is CC1(C)c2cccnc2-c2ncc(-c3ccc4ccc5c(-c6ccc7sc8ccc(-c9ccc%10ccc%11cccc%12ccc9c%10c%11%12)cc8c7c6)ccc6ccc3c4c65)cc21. The zero-order valence-corrected chi connectivity index (χ0v) is 33.8. The second-order valence-electron chi connectivity index (χ2n) is 17.3. The summed E-state index contributed by atoms with van der Waals surface area (Å²) in [7, 11) is 0. The summed E-state index contributed by atoms with van der Waals surface area (Å²) in [6, 6.07) is 59.6. The predicted octanol–water partition coefficient (Wildman–Crippen LogP) is 15.9. The summed E-state index contributed by atoms with van der Waals surface area (Å²) >= 11 is 1.88. The first kappa shape index (κ1) is 32.7. The van der Waals surface area contributed by atoms with Crippen LogP contribution in [0.25, 0.3) is 130 Å². The van der Waals surface area contributed by atoms with E-state index in [0.29, 0.717) is 0 Å². The molecule has 1 aliphatic carbocycles. The highest BCUT2D eigenvalue weighted by Crippen LogP contribution is 2.49. The smallest absolute Gasteiger partial charge is 0.0930 e. The monoisotopic (exact) mass is 778 g/mol. The van der Waals surface area contributed by atoms with Gasteiger partial charge in [0.15, 0.2) is 0 Å². The van der Waals surface area contributed by atoms with Gasteiger partial charge in [0.1, 0.15) is 0 Å². The molecule has 0 fully saturated rings. The summed E-state index contributed by atoms with van der Waals surface area (Å²) in [5.41, 5.74) is 11.7. The first-order chi connectivity index (χ1) is 29.5. The van der Waals surface area contributed by atoms with Gasteiger partial charge >= 0.3 is 0 Å². The average Bonchev–Trinajstić information content (AvgIpc) is 3.77. The van der Waals surface area contributed by atoms with Crippen molar-refractivity contribution in [1.82, 2.24) is 9.97 Å². The van der Waals surface area contributed by atoms with Crippen LogP contribution < -0.4 is 0 Å². The third-order valence-corrected chi connectivity index (χ3v) is 15.0. The Hall–Kier alpha value is -7.20. The highest BCUT2D eigenvalue weighted by molar-refractivity contribution is 7.25. The van der Waals surface area contributed by atoms with E-state index in [1.165, 1.54) is 124 Å². The Morgan fingerprint density at radius 1 is 0.383 bits per heavy atom. The van der Waals surface area contributed by atoms with Crippen LogP contribution in [-0.2, 0) is 5.41 Å². The van der Waals surface area contributed by atoms with E-state index < -0.39 is 0 Å². The van der Waals surface area contributed by atoms with E-state index in [1.807, 2.05) is 29.8 Å². The fraction of sp³-hybridized carbons (Fsp3) is 0.0526. The van der Waals surface area contributed by atoms with E-state index in [9.17, 15) is 0 Å². The molecule has 278 valence electrons. The maximum atomic E-state index is 5.07. The highest BCUT2D eigenvalue weighted by Gasteiger charge is 2.37. The molecule has 10 aromatic carbocycles. The van der Waals surface area contributed by atoms with E-state index in [0.717, 1.165) is 17.0 Å². The van der Waals surface area contributed by atoms with Crippen molar-refractivity contribution in [3.63, 3.8) is 0 Å². The van der Waals surface area contributed by atoms with E-state index >= 15 is 0 Å². The van der Waals surface area contributed by atoms with Crippen LogP contribution in [0.15, 0.2) is 170 Å². The first-order valence-electron chi connectivity index (χ1n) is 20.8. The molecule has 3 heteroatoms. The number of hydrogen-bond donors (Lipinski definition) is 0. The minimum absolute atomic E-state index is 0.166. The number of benzene rings is 10. The lowest BCUT2D eigenvalue weighted by Gasteiger charge is -2.21. The quantitative estimate of drug-likeness (QED) is 0.167. The van der Waals surface area contributed by atoms with Gasteiger partial charge in [0.25, 0.3) is 0 Å². The summed E-state index contributed by atoms with van der Waals surface area (Å²) < 4.78 is 2.63. The van der Waals surface area contributed by atoms with Crippen molar-refractivity contribution in [2.75, 3.05) is 0 Å². The van der Waals surface area contributed by atoms with Gasteiger partial charge in [-0.15, -0.1) is 11.3 Å². The van der Waals surface area contributed by atoms with Crippen molar-refractivity contribution in [3.8, 4) is 44.8 Å². The molecule has 0 atom stereocenters. The molecule has 60 heavy (non-hydrogen) atoms. The van der Waals surface area contributed by atoms with Gasteiger partial charge in [0, 0.05) is 43.5 Å². The van der Waals surface area contributed by atoms with Gasteiger partial charge in [0.05, 0.1) is 11.4 Å². The lowest BCUT2D eigenvalue weighted by molar-refractivity contribution is 0.658. The van der Waals surface area contributed by atoms with E-state index in [1.54, 1.807) is 0 Å². The van der Waals surface area contributed by atoms with Crippen LogP contribution in [0.5, 0.6) is 0 Å². The lowest BCUT2D eigenvalue weighted by atomic mass is 9.82. The van der Waals surface area contributed by atoms with Crippen molar-refractivity contribution in [2.45, 2.75) is 19.3 Å². The molecule has 0 unspecified atom stereocenters. The highest BCUT2D eigenvalue weighted by atomic mass is 32.1. The third-order valence-electron chi connectivity index (χ3n) is 13.9. The Labute approximate surface area is 349 Å². The van der Waals surface area contributed by atoms with Crippen LogP contribution in [0.2, 0.25) is 0 Å². The molecule has 3 aromatic heterocycles. The molecular weight excluding hydrogens is 745 g/mol. The maximum absolute atomic E-state index is 5.07. The van der Waals surface area contributed by atoms with Gasteiger partial charge in [-0.1, -0.05) is 135 Å². The molecular formula is C57H34N2S. The standard InChI is InChI=1S/C57H34N2S/c1-57(2)47-7-4-26-58-55(47)56-48(57)29-38(30-59-56)41-20-12-35-14-22-43-40(19-11-34-15-23-44(41)54(35)53(34)43)37-17-25-50-46(28-37)45-27-36(16-24-49(45)60-50)39-18-10-33-9-8-31-5-3-6-32-13-21-42(39)52(33)51(31)32/h3-30H,1-2H3. The third kappa shape index (κ3) is 4.27. The van der Waals surface area contributed by atoms with Crippen LogP contribution >= 0.6 is 11.3 Å². The number of thiophene rings is 1. The van der Waals surface area contributed by atoms with Gasteiger partial charge in [-0.25, -0.2) is 0 Å². The van der Waals surface area contributed by atoms with Crippen molar-refractivity contribution >= 4 is 96.1 Å². The van der Waals surface area contributed by atoms with Crippen LogP contribution in [-0.4, -0.2) is 9.97 Å². The average molecular weight is 779 g/mol. The summed E-state index contributed by atoms with van der Waals surface area (Å²) in [6.45, 7) is 4.58. The van der Waals surface area contributed by atoms with Crippen LogP contribution in [0.1, 0.15) is 25.0 Å². The minimum Gasteiger partial charge on any atom is -0.254 e. The molecule has 14 rings (SSSR count). The predicted molar refractivity (Wildman–Crippen MR) is 256 cm³/mol. The van der Waals surface area contributed by atoms with Gasteiger partial charge < -0.3 is 0 Å². The largest absolute Gasteiger partial charge is 0.254 e. The fourth-order valence-electron chi connectivity index (χ4n) is 10.9. The number of pyridine rings is 2. The number of fused-ring (bicyclic) bond motifs is 6. The fourth-order valence-corrected chi connectivity index (χ4v) is 12.0. The Morgan fingerprint density at radius 2 is 0.867 bits per heavy atom. The molecule has 0 saturated carbocycles. The molecule has 0 spiro atoms. The van der Waals surface area contributed by atoms with Gasteiger partial charge in [-0.3, -0.25) is 9.97 Å². The van der Waals surface area contributed by atoms with E-state index in [4.69, 9.17) is 9.97 Å². The molecule has 0 aliphatic heterocycles. The normalized spacial score (nSPS) is 13.6. The lowest BCUT2D eigenvalue weighted by Crippen LogP contribution is -2.15. The second-order valence-corrected chi connectivity index (χ2v) is 18.4. The van der Waals surface area contributed by atoms with Crippen LogP contribution in [0.4, 0.5) is 0 Å². The van der Waals surface area contributed by atoms with Crippen LogP contribution in [0, 0.1) is 0 Å². The molecule has 3 heterocycles. The van der Waals surface area contributed by atoms with Crippen LogP contribution in [0.3, 0.4) is 0 Å². The minimum atomic E-state index is -0.166. The first-order valence-corrected chi connectivity index (χ1v) is 21.6. The number of hydrogen-bond acceptors (Lipinski definition) is 3. The summed E-state index contributed by atoms with van der Waals surface area (Å²) in [6.07, 6.45) is 3.92. The molecule has 0 radical (unpaired) electrons. The molecule has 0 N–H and O–H groups in total. The molecule has 2 nitrogen and oxygen atoms in total. The summed E-state index contributed by atoms with van der Waals surface area (Å²) in [5.74, 6) is 0. The van der Waals surface area contributed by atoms with Gasteiger partial charge in [-0.2, -0.15) is 0 Å². The summed E-state index contributed by atoms with van der Waals surface area (Å²) in [5, 5.41) is 18.2. The van der Waals surface area contributed by atoms with Gasteiger partial charge in [-0.05, 0) is 140 Å². The number of rotatable bonds is 3. The zero-order valence-electron chi connectivity index (χ0n) is 33.0. The van der Waals surface area contributed by atoms with Gasteiger partial charge in [0.2, 0.25) is 0 Å². The Kier molecular flexibility index (Phi) is 6.27. The molecule has 13 aromatic rings. The topological polar surface area (TPSA) is 25.8 Å². The van der Waals surface area contributed by atoms with E-state index in [2.05, 4.69) is 166 Å². The molecule has 0 saturated heterocycles. The Morgan fingerprint density at radius 3 is 1.45 bits per heavy atom. The van der Waals surface area contributed by atoms with Crippen molar-refractivity contribution < 1.29 is 0 Å². The Balaban J connectivity index is 0.923. The van der Waals surface area contributed by atoms with E-state index in [-0.39, 0.29) is 5.41 Å². The maximum Gasteiger partial charge on any atom is 0.0930 e. The van der Waals surface area contributed by atoms with Crippen molar-refractivity contribution in [2.24, 2.45) is 0 Å². The summed E-state index contributed by atoms with van der Waals surface area (Å²) in [4.78, 5) is 9.81. The molecule has 0 bridgehead atoms.